The number of carbonyl (C=O) groups excluding carboxylic acids is 1. The third-order valence-corrected chi connectivity index (χ3v) is 3.74. The number of aryl methyl sites for hydroxylation is 1. The summed E-state index contributed by atoms with van der Waals surface area (Å²) in [5.41, 5.74) is 1.60. The Labute approximate surface area is 114 Å². The molecule has 0 saturated carbocycles. The molecular weight excluding hydrogens is 299 g/mol. The number of benzene rings is 1. The second-order valence-corrected chi connectivity index (χ2v) is 5.42. The Hall–Kier alpha value is -1.10. The van der Waals surface area contributed by atoms with E-state index >= 15 is 0 Å². The van der Waals surface area contributed by atoms with Gasteiger partial charge in [0.05, 0.1) is 4.47 Å². The predicted octanol–water partition coefficient (Wildman–Crippen LogP) is 2.98. The van der Waals surface area contributed by atoms with E-state index in [0.29, 0.717) is 10.2 Å². The van der Waals surface area contributed by atoms with Gasteiger partial charge in [-0.25, -0.2) is 4.39 Å². The van der Waals surface area contributed by atoms with Crippen molar-refractivity contribution < 1.29 is 9.18 Å². The van der Waals surface area contributed by atoms with Crippen LogP contribution in [0.3, 0.4) is 0 Å². The minimum Gasteiger partial charge on any atom is -0.373 e. The first-order valence-corrected chi connectivity index (χ1v) is 6.87. The largest absolute Gasteiger partial charge is 0.373 e. The molecule has 1 amide bonds. The van der Waals surface area contributed by atoms with Crippen LogP contribution >= 0.6 is 15.9 Å². The average Bonchev–Trinajstić information content (AvgIpc) is 2.52. The smallest absolute Gasteiger partial charge is 0.242 e. The minimum atomic E-state index is -0.322. The fourth-order valence-electron chi connectivity index (χ4n) is 2.07. The van der Waals surface area contributed by atoms with Crippen LogP contribution < -0.4 is 10.6 Å². The monoisotopic (exact) mass is 314 g/mol. The Kier molecular flexibility index (Phi) is 4.22. The average molecular weight is 315 g/mol. The van der Waals surface area contributed by atoms with Gasteiger partial charge in [-0.15, -0.1) is 0 Å². The maximum absolute atomic E-state index is 13.5. The van der Waals surface area contributed by atoms with E-state index in [1.54, 1.807) is 6.07 Å². The lowest BCUT2D eigenvalue weighted by atomic mass is 10.1. The molecule has 2 rings (SSSR count). The van der Waals surface area contributed by atoms with Gasteiger partial charge in [0.1, 0.15) is 11.9 Å². The van der Waals surface area contributed by atoms with Crippen molar-refractivity contribution in [1.29, 1.82) is 0 Å². The number of amides is 1. The molecule has 1 aliphatic rings. The van der Waals surface area contributed by atoms with Crippen molar-refractivity contribution in [3.63, 3.8) is 0 Å². The van der Waals surface area contributed by atoms with Gasteiger partial charge >= 0.3 is 0 Å². The van der Waals surface area contributed by atoms with Gasteiger partial charge in [0.15, 0.2) is 0 Å². The molecule has 0 spiro atoms. The number of rotatable bonds is 2. The van der Waals surface area contributed by atoms with Crippen molar-refractivity contribution in [2.24, 2.45) is 0 Å². The minimum absolute atomic E-state index is 0.00442. The number of halogens is 2. The van der Waals surface area contributed by atoms with Crippen molar-refractivity contribution in [1.82, 2.24) is 5.32 Å². The molecule has 1 heterocycles. The molecule has 1 unspecified atom stereocenters. The predicted molar refractivity (Wildman–Crippen MR) is 73.1 cm³/mol. The molecule has 18 heavy (non-hydrogen) atoms. The molecule has 5 heteroatoms. The van der Waals surface area contributed by atoms with Gasteiger partial charge in [-0.2, -0.15) is 0 Å². The molecule has 1 aromatic carbocycles. The summed E-state index contributed by atoms with van der Waals surface area (Å²) in [6.07, 6.45) is 2.77. The summed E-state index contributed by atoms with van der Waals surface area (Å²) in [6.45, 7) is 2.62. The summed E-state index contributed by atoms with van der Waals surface area (Å²) in [6, 6.07) is 2.87. The maximum Gasteiger partial charge on any atom is 0.242 e. The van der Waals surface area contributed by atoms with E-state index in [9.17, 15) is 9.18 Å². The summed E-state index contributed by atoms with van der Waals surface area (Å²) in [5.74, 6) is -0.327. The molecule has 0 aliphatic carbocycles. The molecule has 3 nitrogen and oxygen atoms in total. The Balaban J connectivity index is 2.17. The second kappa shape index (κ2) is 5.69. The van der Waals surface area contributed by atoms with Gasteiger partial charge in [0.2, 0.25) is 5.91 Å². The molecule has 0 aromatic heterocycles. The van der Waals surface area contributed by atoms with E-state index in [1.165, 1.54) is 6.07 Å². The third kappa shape index (κ3) is 3.02. The zero-order valence-electron chi connectivity index (χ0n) is 10.2. The number of nitrogens with one attached hydrogen (secondary N) is 2. The van der Waals surface area contributed by atoms with Crippen molar-refractivity contribution in [2.45, 2.75) is 32.2 Å². The second-order valence-electron chi connectivity index (χ2n) is 4.56. The number of anilines is 1. The Bertz CT molecular complexity index is 465. The lowest BCUT2D eigenvalue weighted by Gasteiger charge is -2.18. The van der Waals surface area contributed by atoms with Gasteiger partial charge in [0.25, 0.3) is 0 Å². The molecule has 1 aromatic rings. The van der Waals surface area contributed by atoms with Crippen LogP contribution in [0.4, 0.5) is 10.1 Å². The Morgan fingerprint density at radius 3 is 3.00 bits per heavy atom. The third-order valence-electron chi connectivity index (χ3n) is 3.13. The summed E-state index contributed by atoms with van der Waals surface area (Å²) in [5, 5.41) is 5.99. The summed E-state index contributed by atoms with van der Waals surface area (Å²) in [7, 11) is 0. The molecule has 2 N–H and O–H groups in total. The zero-order chi connectivity index (χ0) is 13.1. The quantitative estimate of drug-likeness (QED) is 0.881. The van der Waals surface area contributed by atoms with Crippen molar-refractivity contribution in [3.8, 4) is 0 Å². The first-order valence-electron chi connectivity index (χ1n) is 6.08. The highest BCUT2D eigenvalue weighted by Crippen LogP contribution is 2.25. The van der Waals surface area contributed by atoms with E-state index in [-0.39, 0.29) is 17.8 Å². The van der Waals surface area contributed by atoms with Crippen LogP contribution in [0.2, 0.25) is 0 Å². The van der Waals surface area contributed by atoms with Crippen LogP contribution in [-0.4, -0.2) is 18.5 Å². The highest BCUT2D eigenvalue weighted by molar-refractivity contribution is 9.10. The molecular formula is C13H16BrFN2O. The van der Waals surface area contributed by atoms with Gasteiger partial charge < -0.3 is 10.6 Å². The van der Waals surface area contributed by atoms with Crippen molar-refractivity contribution >= 4 is 27.5 Å². The van der Waals surface area contributed by atoms with Crippen LogP contribution in [0.25, 0.3) is 0 Å². The van der Waals surface area contributed by atoms with Gasteiger partial charge in [-0.3, -0.25) is 4.79 Å². The highest BCUT2D eigenvalue weighted by atomic mass is 79.9. The molecule has 1 atom stereocenters. The molecule has 0 bridgehead atoms. The topological polar surface area (TPSA) is 41.1 Å². The van der Waals surface area contributed by atoms with Crippen LogP contribution in [-0.2, 0) is 4.79 Å². The maximum atomic E-state index is 13.5. The van der Waals surface area contributed by atoms with Crippen LogP contribution in [0, 0.1) is 12.7 Å². The van der Waals surface area contributed by atoms with E-state index in [4.69, 9.17) is 0 Å². The number of hydrogen-bond donors (Lipinski definition) is 2. The SMILES string of the molecule is Cc1cc(Br)c(F)cc1NC1CCCCNC1=O. The van der Waals surface area contributed by atoms with Gasteiger partial charge in [0, 0.05) is 12.2 Å². The van der Waals surface area contributed by atoms with Crippen molar-refractivity contribution in [2.75, 3.05) is 11.9 Å². The van der Waals surface area contributed by atoms with Crippen LogP contribution in [0.15, 0.2) is 16.6 Å². The number of hydrogen-bond acceptors (Lipinski definition) is 2. The summed E-state index contributed by atoms with van der Waals surface area (Å²) in [4.78, 5) is 11.8. The lowest BCUT2D eigenvalue weighted by Crippen LogP contribution is -2.38. The standard InChI is InChI=1S/C13H16BrFN2O/c1-8-6-9(14)10(15)7-12(8)17-11-4-2-3-5-16-13(11)18/h6-7,11,17H,2-5H2,1H3,(H,16,18). The van der Waals surface area contributed by atoms with Crippen LogP contribution in [0.1, 0.15) is 24.8 Å². The summed E-state index contributed by atoms with van der Waals surface area (Å²) < 4.78 is 13.9. The van der Waals surface area contributed by atoms with E-state index in [0.717, 1.165) is 31.4 Å². The van der Waals surface area contributed by atoms with E-state index in [2.05, 4.69) is 26.6 Å². The zero-order valence-corrected chi connectivity index (χ0v) is 11.8. The fraction of sp³-hybridized carbons (Fsp3) is 0.462. The van der Waals surface area contributed by atoms with E-state index < -0.39 is 0 Å². The van der Waals surface area contributed by atoms with E-state index in [1.807, 2.05) is 6.92 Å². The summed E-state index contributed by atoms with van der Waals surface area (Å²) >= 11 is 3.15. The lowest BCUT2D eigenvalue weighted by molar-refractivity contribution is -0.121. The molecule has 1 fully saturated rings. The normalized spacial score (nSPS) is 20.2. The first-order chi connectivity index (χ1) is 8.58. The van der Waals surface area contributed by atoms with Gasteiger partial charge in [-0.1, -0.05) is 0 Å². The van der Waals surface area contributed by atoms with Crippen LogP contribution in [0.5, 0.6) is 0 Å². The first kappa shape index (κ1) is 13.3. The molecule has 1 aliphatic heterocycles. The number of carbonyl (C=O) groups is 1. The Morgan fingerprint density at radius 1 is 1.44 bits per heavy atom. The fourth-order valence-corrected chi connectivity index (χ4v) is 2.52. The Morgan fingerprint density at radius 2 is 2.22 bits per heavy atom. The molecule has 98 valence electrons. The van der Waals surface area contributed by atoms with Crippen molar-refractivity contribution in [3.05, 3.63) is 28.0 Å². The van der Waals surface area contributed by atoms with Gasteiger partial charge in [-0.05, 0) is 59.8 Å². The highest BCUT2D eigenvalue weighted by Gasteiger charge is 2.21. The molecule has 1 saturated heterocycles. The molecule has 0 radical (unpaired) electrons.